The highest BCUT2D eigenvalue weighted by molar-refractivity contribution is 4.88. The van der Waals surface area contributed by atoms with Crippen LogP contribution in [0.1, 0.15) is 72.1 Å². The Morgan fingerprint density at radius 1 is 0.941 bits per heavy atom. The van der Waals surface area contributed by atoms with E-state index in [1.807, 2.05) is 0 Å². The first kappa shape index (κ1) is 16.9. The molecular formula is C15H34N2. The third-order valence-corrected chi connectivity index (χ3v) is 4.18. The molecule has 0 amide bonds. The smallest absolute Gasteiger partial charge is 0.0298 e. The van der Waals surface area contributed by atoms with Gasteiger partial charge in [-0.3, -0.25) is 0 Å². The van der Waals surface area contributed by atoms with Crippen molar-refractivity contribution in [3.8, 4) is 0 Å². The molecule has 17 heavy (non-hydrogen) atoms. The summed E-state index contributed by atoms with van der Waals surface area (Å²) in [5.74, 6) is 0. The summed E-state index contributed by atoms with van der Waals surface area (Å²) in [5.41, 5.74) is 6.39. The predicted octanol–water partition coefficient (Wildman–Crippen LogP) is 3.79. The number of unbranched alkanes of at least 4 members (excludes halogenated alkanes) is 6. The lowest BCUT2D eigenvalue weighted by atomic mass is 9.89. The second-order valence-corrected chi connectivity index (χ2v) is 6.06. The Balaban J connectivity index is 3.54. The van der Waals surface area contributed by atoms with E-state index in [4.69, 9.17) is 5.73 Å². The Bertz CT molecular complexity index is 176. The van der Waals surface area contributed by atoms with Gasteiger partial charge in [-0.25, -0.2) is 0 Å². The van der Waals surface area contributed by atoms with Gasteiger partial charge in [0.25, 0.3) is 0 Å². The van der Waals surface area contributed by atoms with Crippen LogP contribution in [0.3, 0.4) is 0 Å². The maximum Gasteiger partial charge on any atom is 0.0298 e. The average Bonchev–Trinajstić information content (AvgIpc) is 2.27. The van der Waals surface area contributed by atoms with Crippen LogP contribution in [-0.2, 0) is 0 Å². The summed E-state index contributed by atoms with van der Waals surface area (Å²) in [5, 5.41) is 0. The molecule has 0 aliphatic heterocycles. The third kappa shape index (κ3) is 7.05. The molecule has 0 aromatic rings. The number of hydrogen-bond acceptors (Lipinski definition) is 2. The zero-order valence-electron chi connectivity index (χ0n) is 12.8. The highest BCUT2D eigenvalue weighted by Gasteiger charge is 2.27. The van der Waals surface area contributed by atoms with Crippen LogP contribution in [0.25, 0.3) is 0 Å². The first-order chi connectivity index (χ1) is 7.92. The molecule has 2 heteroatoms. The Morgan fingerprint density at radius 2 is 1.41 bits per heavy atom. The van der Waals surface area contributed by atoms with E-state index in [-0.39, 0.29) is 11.6 Å². The third-order valence-electron chi connectivity index (χ3n) is 4.18. The van der Waals surface area contributed by atoms with Gasteiger partial charge in [0, 0.05) is 11.6 Å². The molecule has 2 N–H and O–H groups in total. The first-order valence-corrected chi connectivity index (χ1v) is 7.36. The van der Waals surface area contributed by atoms with Crippen LogP contribution in [0.4, 0.5) is 0 Å². The summed E-state index contributed by atoms with van der Waals surface area (Å²) < 4.78 is 0. The van der Waals surface area contributed by atoms with Crippen LogP contribution >= 0.6 is 0 Å². The minimum atomic E-state index is 0.113. The summed E-state index contributed by atoms with van der Waals surface area (Å²) in [4.78, 5) is 2.24. The molecule has 0 saturated carbocycles. The van der Waals surface area contributed by atoms with Gasteiger partial charge in [0.2, 0.25) is 0 Å². The van der Waals surface area contributed by atoms with Crippen molar-refractivity contribution < 1.29 is 0 Å². The minimum Gasteiger partial charge on any atom is -0.326 e. The second kappa shape index (κ2) is 8.93. The van der Waals surface area contributed by atoms with E-state index in [9.17, 15) is 0 Å². The number of rotatable bonds is 10. The van der Waals surface area contributed by atoms with Crippen molar-refractivity contribution in [3.63, 3.8) is 0 Å². The Hall–Kier alpha value is -0.0800. The molecule has 0 radical (unpaired) electrons. The van der Waals surface area contributed by atoms with E-state index in [2.05, 4.69) is 39.8 Å². The van der Waals surface area contributed by atoms with E-state index < -0.39 is 0 Å². The van der Waals surface area contributed by atoms with Gasteiger partial charge in [-0.05, 0) is 34.4 Å². The van der Waals surface area contributed by atoms with Crippen molar-refractivity contribution in [3.05, 3.63) is 0 Å². The molecule has 1 unspecified atom stereocenters. The van der Waals surface area contributed by atoms with Crippen molar-refractivity contribution in [1.29, 1.82) is 0 Å². The van der Waals surface area contributed by atoms with E-state index in [1.54, 1.807) is 0 Å². The topological polar surface area (TPSA) is 29.3 Å². The van der Waals surface area contributed by atoms with Gasteiger partial charge in [-0.2, -0.15) is 0 Å². The van der Waals surface area contributed by atoms with Gasteiger partial charge in [-0.15, -0.1) is 0 Å². The fraction of sp³-hybridized carbons (Fsp3) is 1.00. The van der Waals surface area contributed by atoms with Crippen LogP contribution in [0.2, 0.25) is 0 Å². The van der Waals surface area contributed by atoms with Crippen LogP contribution in [-0.4, -0.2) is 30.6 Å². The predicted molar refractivity (Wildman–Crippen MR) is 78.4 cm³/mol. The summed E-state index contributed by atoms with van der Waals surface area (Å²) >= 11 is 0. The van der Waals surface area contributed by atoms with Crippen molar-refractivity contribution in [2.45, 2.75) is 83.7 Å². The highest BCUT2D eigenvalue weighted by Crippen LogP contribution is 2.19. The molecule has 0 saturated heterocycles. The maximum absolute atomic E-state index is 6.27. The molecule has 0 aliphatic carbocycles. The number of hydrogen-bond donors (Lipinski definition) is 1. The standard InChI is InChI=1S/C15H34N2/c1-6-7-8-9-10-11-12-13-14(16)15(2,3)17(4)5/h14H,6-13,16H2,1-5H3. The lowest BCUT2D eigenvalue weighted by Crippen LogP contribution is -2.52. The molecule has 0 heterocycles. The lowest BCUT2D eigenvalue weighted by molar-refractivity contribution is 0.151. The summed E-state index contributed by atoms with van der Waals surface area (Å²) in [6.45, 7) is 6.74. The van der Waals surface area contributed by atoms with Gasteiger partial charge in [0.1, 0.15) is 0 Å². The Morgan fingerprint density at radius 3 is 1.88 bits per heavy atom. The first-order valence-electron chi connectivity index (χ1n) is 7.36. The van der Waals surface area contributed by atoms with Gasteiger partial charge < -0.3 is 10.6 Å². The summed E-state index contributed by atoms with van der Waals surface area (Å²) in [6.07, 6.45) is 10.7. The molecule has 104 valence electrons. The molecule has 0 spiro atoms. The molecule has 0 aromatic heterocycles. The summed E-state index contributed by atoms with van der Waals surface area (Å²) in [6, 6.07) is 0.285. The van der Waals surface area contributed by atoms with Crippen molar-refractivity contribution in [2.24, 2.45) is 5.73 Å². The monoisotopic (exact) mass is 242 g/mol. The van der Waals surface area contributed by atoms with Crippen molar-refractivity contribution in [1.82, 2.24) is 4.90 Å². The number of likely N-dealkylation sites (N-methyl/N-ethyl adjacent to an activating group) is 1. The SMILES string of the molecule is CCCCCCCCCC(N)C(C)(C)N(C)C. The van der Waals surface area contributed by atoms with E-state index >= 15 is 0 Å². The van der Waals surface area contributed by atoms with Gasteiger partial charge in [0.15, 0.2) is 0 Å². The fourth-order valence-corrected chi connectivity index (χ4v) is 2.01. The minimum absolute atomic E-state index is 0.113. The zero-order valence-corrected chi connectivity index (χ0v) is 12.8. The van der Waals surface area contributed by atoms with Crippen LogP contribution in [0.15, 0.2) is 0 Å². The second-order valence-electron chi connectivity index (χ2n) is 6.06. The molecule has 0 rings (SSSR count). The quantitative estimate of drug-likeness (QED) is 0.591. The van der Waals surface area contributed by atoms with E-state index in [0.29, 0.717) is 0 Å². The zero-order chi connectivity index (χ0) is 13.3. The Labute approximate surface area is 109 Å². The van der Waals surface area contributed by atoms with Gasteiger partial charge in [-0.1, -0.05) is 51.9 Å². The largest absolute Gasteiger partial charge is 0.326 e. The molecule has 2 nitrogen and oxygen atoms in total. The Kier molecular flexibility index (Phi) is 8.89. The molecule has 0 bridgehead atoms. The van der Waals surface area contributed by atoms with Crippen molar-refractivity contribution in [2.75, 3.05) is 14.1 Å². The molecule has 1 atom stereocenters. The molecular weight excluding hydrogens is 208 g/mol. The molecule has 0 aliphatic rings. The van der Waals surface area contributed by atoms with E-state index in [0.717, 1.165) is 6.42 Å². The fourth-order valence-electron chi connectivity index (χ4n) is 2.01. The normalized spacial score (nSPS) is 14.3. The average molecular weight is 242 g/mol. The van der Waals surface area contributed by atoms with E-state index in [1.165, 1.54) is 44.9 Å². The van der Waals surface area contributed by atoms with Crippen LogP contribution in [0.5, 0.6) is 0 Å². The number of nitrogens with zero attached hydrogens (tertiary/aromatic N) is 1. The van der Waals surface area contributed by atoms with Gasteiger partial charge in [0.05, 0.1) is 0 Å². The van der Waals surface area contributed by atoms with Crippen molar-refractivity contribution >= 4 is 0 Å². The molecule has 0 aromatic carbocycles. The molecule has 0 fully saturated rings. The van der Waals surface area contributed by atoms with Crippen LogP contribution < -0.4 is 5.73 Å². The number of nitrogens with two attached hydrogens (primary N) is 1. The summed E-state index contributed by atoms with van der Waals surface area (Å²) in [7, 11) is 4.23. The van der Waals surface area contributed by atoms with Crippen LogP contribution in [0, 0.1) is 0 Å². The maximum atomic E-state index is 6.27. The van der Waals surface area contributed by atoms with Gasteiger partial charge >= 0.3 is 0 Å². The lowest BCUT2D eigenvalue weighted by Gasteiger charge is -2.38. The highest BCUT2D eigenvalue weighted by atomic mass is 15.2.